The van der Waals surface area contributed by atoms with Crippen LogP contribution in [0.25, 0.3) is 5.69 Å². The van der Waals surface area contributed by atoms with E-state index in [1.54, 1.807) is 12.3 Å². The number of benzene rings is 1. The number of anilines is 1. The van der Waals surface area contributed by atoms with Gasteiger partial charge in [-0.3, -0.25) is 0 Å². The number of nitrogen functional groups attached to an aromatic ring is 1. The first-order valence-electron chi connectivity index (χ1n) is 6.11. The lowest BCUT2D eigenvalue weighted by Gasteiger charge is -2.33. The van der Waals surface area contributed by atoms with Gasteiger partial charge in [0.2, 0.25) is 5.92 Å². The van der Waals surface area contributed by atoms with Crippen LogP contribution < -0.4 is 5.73 Å². The Kier molecular flexibility index (Phi) is 2.55. The fourth-order valence-corrected chi connectivity index (χ4v) is 2.21. The van der Waals surface area contributed by atoms with Crippen LogP contribution in [0.4, 0.5) is 14.5 Å². The van der Waals surface area contributed by atoms with Crippen molar-refractivity contribution < 1.29 is 8.78 Å². The maximum atomic E-state index is 12.8. The summed E-state index contributed by atoms with van der Waals surface area (Å²) < 4.78 is 25.7. The highest BCUT2D eigenvalue weighted by atomic mass is 19.3. The third kappa shape index (κ3) is 2.18. The minimum absolute atomic E-state index is 0.137. The first kappa shape index (κ1) is 12.1. The topological polar surface area (TPSA) is 56.7 Å². The van der Waals surface area contributed by atoms with Gasteiger partial charge in [-0.05, 0) is 24.6 Å². The molecule has 0 aliphatic heterocycles. The van der Waals surface area contributed by atoms with Gasteiger partial charge in [-0.25, -0.2) is 8.78 Å². The number of nitrogens with zero attached hydrogens (tertiary/aromatic N) is 3. The molecule has 0 radical (unpaired) electrons. The van der Waals surface area contributed by atoms with Crippen LogP contribution in [-0.4, -0.2) is 20.9 Å². The second kappa shape index (κ2) is 4.01. The maximum absolute atomic E-state index is 12.8. The number of halogens is 2. The van der Waals surface area contributed by atoms with Gasteiger partial charge in [-0.2, -0.15) is 15.0 Å². The second-order valence-corrected chi connectivity index (χ2v) is 5.06. The Morgan fingerprint density at radius 3 is 2.74 bits per heavy atom. The summed E-state index contributed by atoms with van der Waals surface area (Å²) in [7, 11) is 0. The molecule has 1 aliphatic carbocycles. The van der Waals surface area contributed by atoms with E-state index in [0.717, 1.165) is 11.3 Å². The Morgan fingerprint density at radius 2 is 2.11 bits per heavy atom. The van der Waals surface area contributed by atoms with E-state index in [9.17, 15) is 8.78 Å². The van der Waals surface area contributed by atoms with E-state index in [4.69, 9.17) is 5.73 Å². The Labute approximate surface area is 109 Å². The first-order chi connectivity index (χ1) is 8.94. The number of hydrogen-bond acceptors (Lipinski definition) is 3. The number of aryl methyl sites for hydroxylation is 1. The zero-order valence-corrected chi connectivity index (χ0v) is 10.5. The third-order valence-corrected chi connectivity index (χ3v) is 3.51. The fraction of sp³-hybridized carbons (Fsp3) is 0.385. The van der Waals surface area contributed by atoms with Crippen LogP contribution in [0.1, 0.15) is 30.0 Å². The summed E-state index contributed by atoms with van der Waals surface area (Å²) in [5.41, 5.74) is 8.82. The van der Waals surface area contributed by atoms with Gasteiger partial charge in [0, 0.05) is 24.4 Å². The summed E-state index contributed by atoms with van der Waals surface area (Å²) >= 11 is 0. The molecule has 0 saturated heterocycles. The van der Waals surface area contributed by atoms with E-state index in [0.29, 0.717) is 11.4 Å². The first-order valence-corrected chi connectivity index (χ1v) is 6.11. The molecule has 0 amide bonds. The molecule has 4 nitrogen and oxygen atoms in total. The van der Waals surface area contributed by atoms with E-state index >= 15 is 0 Å². The standard InChI is InChI=1S/C13H14F2N4/c1-8-2-3-10(4-11(8)16)19-17-7-12(18-19)9-5-13(14,15)6-9/h2-4,7,9H,5-6,16H2,1H3. The zero-order chi connectivity index (χ0) is 13.6. The van der Waals surface area contributed by atoms with Gasteiger partial charge in [-0.1, -0.05) is 6.07 Å². The van der Waals surface area contributed by atoms with Crippen molar-refractivity contribution >= 4 is 5.69 Å². The number of aromatic nitrogens is 3. The highest BCUT2D eigenvalue weighted by Crippen LogP contribution is 2.47. The van der Waals surface area contributed by atoms with Gasteiger partial charge in [-0.15, -0.1) is 0 Å². The van der Waals surface area contributed by atoms with Crippen LogP contribution in [0, 0.1) is 6.92 Å². The van der Waals surface area contributed by atoms with Gasteiger partial charge in [0.05, 0.1) is 17.6 Å². The average molecular weight is 264 g/mol. The van der Waals surface area contributed by atoms with E-state index in [-0.39, 0.29) is 18.8 Å². The normalized spacial score (nSPS) is 18.3. The molecule has 2 aromatic rings. The second-order valence-electron chi connectivity index (χ2n) is 5.06. The van der Waals surface area contributed by atoms with Crippen molar-refractivity contribution in [2.45, 2.75) is 31.6 Å². The number of nitrogens with two attached hydrogens (primary N) is 1. The van der Waals surface area contributed by atoms with Crippen molar-refractivity contribution in [2.75, 3.05) is 5.73 Å². The minimum Gasteiger partial charge on any atom is -0.398 e. The molecule has 1 aromatic heterocycles. The lowest BCUT2D eigenvalue weighted by Crippen LogP contribution is -2.33. The summed E-state index contributed by atoms with van der Waals surface area (Å²) in [5, 5.41) is 8.37. The molecule has 1 aromatic carbocycles. The van der Waals surface area contributed by atoms with Gasteiger partial charge in [0.1, 0.15) is 0 Å². The summed E-state index contributed by atoms with van der Waals surface area (Å²) in [6.07, 6.45) is 1.28. The van der Waals surface area contributed by atoms with E-state index in [1.165, 1.54) is 4.80 Å². The monoisotopic (exact) mass is 264 g/mol. The smallest absolute Gasteiger partial charge is 0.249 e. The molecule has 0 unspecified atom stereocenters. The predicted molar refractivity (Wildman–Crippen MR) is 67.4 cm³/mol. The van der Waals surface area contributed by atoms with Gasteiger partial charge >= 0.3 is 0 Å². The number of rotatable bonds is 2. The van der Waals surface area contributed by atoms with Gasteiger partial charge in [0.15, 0.2) is 0 Å². The van der Waals surface area contributed by atoms with Gasteiger partial charge < -0.3 is 5.73 Å². The highest BCUT2D eigenvalue weighted by Gasteiger charge is 2.47. The quantitative estimate of drug-likeness (QED) is 0.848. The summed E-state index contributed by atoms with van der Waals surface area (Å²) in [5.74, 6) is -2.73. The SMILES string of the molecule is Cc1ccc(-n2ncc(C3CC(F)(F)C3)n2)cc1N. The largest absolute Gasteiger partial charge is 0.398 e. The van der Waals surface area contributed by atoms with Crippen LogP contribution in [0.2, 0.25) is 0 Å². The molecule has 19 heavy (non-hydrogen) atoms. The Balaban J connectivity index is 1.83. The molecule has 1 aliphatic rings. The molecule has 100 valence electrons. The molecule has 1 saturated carbocycles. The summed E-state index contributed by atoms with van der Waals surface area (Å²) in [4.78, 5) is 1.43. The van der Waals surface area contributed by atoms with Crippen molar-refractivity contribution in [3.05, 3.63) is 35.7 Å². The Morgan fingerprint density at radius 1 is 1.37 bits per heavy atom. The molecule has 1 heterocycles. The zero-order valence-electron chi connectivity index (χ0n) is 10.5. The Hall–Kier alpha value is -1.98. The summed E-state index contributed by atoms with van der Waals surface area (Å²) in [6.45, 7) is 1.91. The molecule has 6 heteroatoms. The highest BCUT2D eigenvalue weighted by molar-refractivity contribution is 5.52. The number of alkyl halides is 2. The predicted octanol–water partition coefficient (Wildman–Crippen LogP) is 2.67. The average Bonchev–Trinajstić information content (AvgIpc) is 2.78. The van der Waals surface area contributed by atoms with Crippen LogP contribution >= 0.6 is 0 Å². The molecule has 2 N–H and O–H groups in total. The maximum Gasteiger partial charge on any atom is 0.249 e. The molecule has 0 atom stereocenters. The lowest BCUT2D eigenvalue weighted by molar-refractivity contribution is -0.0876. The van der Waals surface area contributed by atoms with Crippen molar-refractivity contribution in [3.63, 3.8) is 0 Å². The van der Waals surface area contributed by atoms with Crippen LogP contribution in [0.5, 0.6) is 0 Å². The van der Waals surface area contributed by atoms with E-state index in [1.807, 2.05) is 19.1 Å². The summed E-state index contributed by atoms with van der Waals surface area (Å²) in [6, 6.07) is 5.50. The molecule has 1 fully saturated rings. The van der Waals surface area contributed by atoms with Crippen molar-refractivity contribution in [1.82, 2.24) is 15.0 Å². The molecular formula is C13H14F2N4. The van der Waals surface area contributed by atoms with Crippen molar-refractivity contribution in [1.29, 1.82) is 0 Å². The number of hydrogen-bond donors (Lipinski definition) is 1. The van der Waals surface area contributed by atoms with Crippen LogP contribution in [0.3, 0.4) is 0 Å². The van der Waals surface area contributed by atoms with E-state index < -0.39 is 5.92 Å². The third-order valence-electron chi connectivity index (χ3n) is 3.51. The lowest BCUT2D eigenvalue weighted by atomic mass is 9.79. The fourth-order valence-electron chi connectivity index (χ4n) is 2.21. The van der Waals surface area contributed by atoms with Gasteiger partial charge in [0.25, 0.3) is 0 Å². The van der Waals surface area contributed by atoms with Crippen LogP contribution in [0.15, 0.2) is 24.4 Å². The molecule has 0 spiro atoms. The molecular weight excluding hydrogens is 250 g/mol. The van der Waals surface area contributed by atoms with Crippen molar-refractivity contribution in [3.8, 4) is 5.69 Å². The Bertz CT molecular complexity index is 613. The van der Waals surface area contributed by atoms with Crippen molar-refractivity contribution in [2.24, 2.45) is 0 Å². The molecule has 3 rings (SSSR count). The molecule has 0 bridgehead atoms. The minimum atomic E-state index is -2.54. The van der Waals surface area contributed by atoms with E-state index in [2.05, 4.69) is 10.2 Å². The van der Waals surface area contributed by atoms with Crippen LogP contribution in [-0.2, 0) is 0 Å².